The van der Waals surface area contributed by atoms with E-state index in [1.54, 1.807) is 86.6 Å². The largest absolute Gasteiger partial charge is 0.508 e. The first-order valence-electron chi connectivity index (χ1n) is 11.2. The molecule has 0 aliphatic heterocycles. The fourth-order valence-corrected chi connectivity index (χ4v) is 5.30. The summed E-state index contributed by atoms with van der Waals surface area (Å²) < 4.78 is 41.4. The molecular weight excluding hydrogens is 480 g/mol. The molecule has 0 spiro atoms. The molecule has 0 amide bonds. The molecule has 9 nitrogen and oxygen atoms in total. The van der Waals surface area contributed by atoms with Gasteiger partial charge in [0.1, 0.15) is 17.2 Å². The lowest BCUT2D eigenvalue weighted by atomic mass is 10.1. The Morgan fingerprint density at radius 1 is 0.944 bits per heavy atom. The second-order valence-electron chi connectivity index (χ2n) is 8.21. The number of sulfonamides is 1. The van der Waals surface area contributed by atoms with Gasteiger partial charge in [0.25, 0.3) is 0 Å². The summed E-state index contributed by atoms with van der Waals surface area (Å²) in [6, 6.07) is 20.4. The van der Waals surface area contributed by atoms with Crippen LogP contribution in [0.3, 0.4) is 0 Å². The van der Waals surface area contributed by atoms with Gasteiger partial charge in [-0.15, -0.1) is 5.10 Å². The Hall–Kier alpha value is -3.73. The van der Waals surface area contributed by atoms with Crippen molar-refractivity contribution in [3.8, 4) is 22.8 Å². The van der Waals surface area contributed by atoms with Crippen molar-refractivity contribution in [2.24, 2.45) is 7.05 Å². The zero-order valence-corrected chi connectivity index (χ0v) is 21.1. The second-order valence-corrected chi connectivity index (χ2v) is 10.1. The molecule has 10 heteroatoms. The zero-order valence-electron chi connectivity index (χ0n) is 20.3. The van der Waals surface area contributed by atoms with Crippen LogP contribution in [-0.2, 0) is 41.5 Å². The number of ether oxygens (including phenoxy) is 2. The van der Waals surface area contributed by atoms with E-state index in [2.05, 4.69) is 10.3 Å². The first kappa shape index (κ1) is 25.4. The van der Waals surface area contributed by atoms with Crippen molar-refractivity contribution < 1.29 is 23.0 Å². The van der Waals surface area contributed by atoms with E-state index in [0.717, 1.165) is 16.7 Å². The predicted octanol–water partition coefficient (Wildman–Crippen LogP) is 3.73. The van der Waals surface area contributed by atoms with Crippen LogP contribution in [0.2, 0.25) is 0 Å². The van der Waals surface area contributed by atoms with Crippen LogP contribution in [0.25, 0.3) is 11.3 Å². The zero-order chi connectivity index (χ0) is 25.7. The lowest BCUT2D eigenvalue weighted by Gasteiger charge is -2.24. The van der Waals surface area contributed by atoms with E-state index in [1.165, 1.54) is 4.31 Å². The van der Waals surface area contributed by atoms with Crippen LogP contribution < -0.4 is 4.74 Å². The Bertz CT molecular complexity index is 1420. The number of aromatic hydroxyl groups is 1. The monoisotopic (exact) mass is 508 g/mol. The molecule has 0 aliphatic carbocycles. The molecule has 1 aromatic heterocycles. The molecule has 0 saturated carbocycles. The van der Waals surface area contributed by atoms with Gasteiger partial charge in [-0.2, -0.15) is 4.31 Å². The predicted molar refractivity (Wildman–Crippen MR) is 135 cm³/mol. The second kappa shape index (κ2) is 10.9. The van der Waals surface area contributed by atoms with E-state index in [1.807, 2.05) is 12.1 Å². The number of hydrogen-bond donors (Lipinski definition) is 1. The normalized spacial score (nSPS) is 11.7. The summed E-state index contributed by atoms with van der Waals surface area (Å²) in [5.41, 5.74) is 3.49. The molecule has 0 bridgehead atoms. The van der Waals surface area contributed by atoms with Crippen LogP contribution in [0.4, 0.5) is 0 Å². The summed E-state index contributed by atoms with van der Waals surface area (Å²) in [5.74, 6) is 0.788. The van der Waals surface area contributed by atoms with Gasteiger partial charge in [-0.1, -0.05) is 29.5 Å². The highest BCUT2D eigenvalue weighted by Crippen LogP contribution is 2.29. The van der Waals surface area contributed by atoms with Crippen molar-refractivity contribution in [3.63, 3.8) is 0 Å². The number of nitrogens with zero attached hydrogens (tertiary/aromatic N) is 4. The minimum Gasteiger partial charge on any atom is -0.508 e. The Kier molecular flexibility index (Phi) is 7.68. The van der Waals surface area contributed by atoms with Crippen LogP contribution in [0.15, 0.2) is 77.7 Å². The van der Waals surface area contributed by atoms with Gasteiger partial charge in [0.15, 0.2) is 0 Å². The minimum absolute atomic E-state index is 0.0232. The van der Waals surface area contributed by atoms with Gasteiger partial charge in [0, 0.05) is 26.3 Å². The lowest BCUT2D eigenvalue weighted by molar-refractivity contribution is 0.183. The van der Waals surface area contributed by atoms with Crippen molar-refractivity contribution in [1.29, 1.82) is 0 Å². The lowest BCUT2D eigenvalue weighted by Crippen LogP contribution is -2.31. The van der Waals surface area contributed by atoms with Crippen molar-refractivity contribution in [1.82, 2.24) is 19.3 Å². The molecule has 1 heterocycles. The van der Waals surface area contributed by atoms with Crippen molar-refractivity contribution in [2.75, 3.05) is 14.2 Å². The maximum Gasteiger partial charge on any atom is 0.243 e. The average molecular weight is 509 g/mol. The maximum atomic E-state index is 13.8. The number of phenolic OH excluding ortho intramolecular Hbond substituents is 1. The molecule has 1 N–H and O–H groups in total. The number of aromatic nitrogens is 3. The highest BCUT2D eigenvalue weighted by atomic mass is 32.2. The van der Waals surface area contributed by atoms with Crippen molar-refractivity contribution in [3.05, 3.63) is 89.6 Å². The number of methoxy groups -OCH3 is 2. The summed E-state index contributed by atoms with van der Waals surface area (Å²) in [4.78, 5) is 0.188. The van der Waals surface area contributed by atoms with Crippen LogP contribution in [0.1, 0.15) is 16.8 Å². The molecule has 0 fully saturated rings. The van der Waals surface area contributed by atoms with E-state index in [9.17, 15) is 13.5 Å². The van der Waals surface area contributed by atoms with E-state index in [0.29, 0.717) is 23.7 Å². The minimum atomic E-state index is -3.89. The van der Waals surface area contributed by atoms with E-state index >= 15 is 0 Å². The summed E-state index contributed by atoms with van der Waals surface area (Å²) in [5, 5.41) is 18.1. The van der Waals surface area contributed by atoms with E-state index in [4.69, 9.17) is 9.47 Å². The third-order valence-electron chi connectivity index (χ3n) is 5.85. The first-order chi connectivity index (χ1) is 17.3. The van der Waals surface area contributed by atoms with Gasteiger partial charge >= 0.3 is 0 Å². The summed E-state index contributed by atoms with van der Waals surface area (Å²) in [6.45, 7) is 0.424. The summed E-state index contributed by atoms with van der Waals surface area (Å²) in [7, 11) is 1.00. The Morgan fingerprint density at radius 2 is 1.67 bits per heavy atom. The fourth-order valence-electron chi connectivity index (χ4n) is 3.90. The maximum absolute atomic E-state index is 13.8. The molecule has 0 aliphatic rings. The van der Waals surface area contributed by atoms with E-state index < -0.39 is 10.0 Å². The molecule has 3 aromatic carbocycles. The Balaban J connectivity index is 1.79. The van der Waals surface area contributed by atoms with Crippen molar-refractivity contribution in [2.45, 2.75) is 24.6 Å². The average Bonchev–Trinajstić information content (AvgIpc) is 3.25. The van der Waals surface area contributed by atoms with E-state index in [-0.39, 0.29) is 23.7 Å². The van der Waals surface area contributed by atoms with Gasteiger partial charge in [0.2, 0.25) is 10.0 Å². The standard InChI is InChI=1S/C26H28N4O5S/c1-29-25(26(27-28-29)19-9-12-22(31)13-10-19)17-30(36(32,33)24-7-5-4-6-8-24)16-20-11-14-23(35-3)15-21(20)18-34-2/h4-15,31H,16-18H2,1-3H3. The third-order valence-corrected chi connectivity index (χ3v) is 7.66. The molecule has 36 heavy (non-hydrogen) atoms. The highest BCUT2D eigenvalue weighted by Gasteiger charge is 2.28. The highest BCUT2D eigenvalue weighted by molar-refractivity contribution is 7.89. The fraction of sp³-hybridized carbons (Fsp3) is 0.231. The number of rotatable bonds is 10. The van der Waals surface area contributed by atoms with Crippen LogP contribution in [-0.4, -0.2) is 47.0 Å². The molecule has 0 unspecified atom stereocenters. The number of benzene rings is 3. The number of hydrogen-bond acceptors (Lipinski definition) is 7. The molecule has 0 radical (unpaired) electrons. The van der Waals surface area contributed by atoms with Crippen LogP contribution in [0, 0.1) is 0 Å². The van der Waals surface area contributed by atoms with Gasteiger partial charge < -0.3 is 14.6 Å². The topological polar surface area (TPSA) is 107 Å². The Labute approximate surface area is 210 Å². The molecule has 188 valence electrons. The number of aryl methyl sites for hydroxylation is 1. The van der Waals surface area contributed by atoms with Gasteiger partial charge in [0.05, 0.1) is 30.9 Å². The quantitative estimate of drug-likeness (QED) is 0.348. The number of phenols is 1. The first-order valence-corrected chi connectivity index (χ1v) is 12.7. The molecule has 4 aromatic rings. The molecule has 4 rings (SSSR count). The summed E-state index contributed by atoms with van der Waals surface area (Å²) >= 11 is 0. The Morgan fingerprint density at radius 3 is 2.33 bits per heavy atom. The van der Waals surface area contributed by atoms with Crippen LogP contribution >= 0.6 is 0 Å². The van der Waals surface area contributed by atoms with Gasteiger partial charge in [-0.3, -0.25) is 4.68 Å². The smallest absolute Gasteiger partial charge is 0.243 e. The van der Waals surface area contributed by atoms with Gasteiger partial charge in [-0.25, -0.2) is 8.42 Å². The third kappa shape index (κ3) is 5.40. The molecule has 0 saturated heterocycles. The van der Waals surface area contributed by atoms with Gasteiger partial charge in [-0.05, 0) is 59.7 Å². The SMILES string of the molecule is COCc1cc(OC)ccc1CN(Cc1c(-c2ccc(O)cc2)nnn1C)S(=O)(=O)c1ccccc1. The summed E-state index contributed by atoms with van der Waals surface area (Å²) in [6.07, 6.45) is 0. The van der Waals surface area contributed by atoms with Crippen LogP contribution in [0.5, 0.6) is 11.5 Å². The molecular formula is C26H28N4O5S. The molecule has 0 atom stereocenters. The van der Waals surface area contributed by atoms with Crippen molar-refractivity contribution >= 4 is 10.0 Å².